The molecule has 2 aromatic rings. The first-order valence-electron chi connectivity index (χ1n) is 6.01. The summed E-state index contributed by atoms with van der Waals surface area (Å²) in [6, 6.07) is 7.74. The lowest BCUT2D eigenvalue weighted by molar-refractivity contribution is -0.117. The van der Waals surface area contributed by atoms with Crippen molar-refractivity contribution in [1.29, 1.82) is 0 Å². The van der Waals surface area contributed by atoms with Gasteiger partial charge in [-0.2, -0.15) is 5.10 Å². The van der Waals surface area contributed by atoms with Gasteiger partial charge in [0.1, 0.15) is 5.82 Å². The van der Waals surface area contributed by atoms with Crippen LogP contribution >= 0.6 is 15.9 Å². The number of amides is 1. The molecule has 0 bridgehead atoms. The van der Waals surface area contributed by atoms with Gasteiger partial charge < -0.3 is 5.73 Å². The fraction of sp³-hybridized carbons (Fsp3) is 0.231. The monoisotopic (exact) mass is 320 g/mol. The quantitative estimate of drug-likeness (QED) is 0.887. The van der Waals surface area contributed by atoms with Gasteiger partial charge in [-0.3, -0.25) is 14.8 Å². The van der Waals surface area contributed by atoms with Crippen LogP contribution in [0.5, 0.6) is 0 Å². The fourth-order valence-electron chi connectivity index (χ4n) is 2.31. The van der Waals surface area contributed by atoms with Gasteiger partial charge in [0.25, 0.3) is 0 Å². The summed E-state index contributed by atoms with van der Waals surface area (Å²) in [5.74, 6) is 0.745. The highest BCUT2D eigenvalue weighted by Gasteiger charge is 2.31. The largest absolute Gasteiger partial charge is 0.326 e. The molecular formula is C13H13BrN4O. The molecule has 1 saturated heterocycles. The highest BCUT2D eigenvalue weighted by atomic mass is 79.9. The van der Waals surface area contributed by atoms with Crippen LogP contribution in [0.15, 0.2) is 34.9 Å². The number of hydrogen-bond donors (Lipinski definition) is 2. The molecule has 1 aliphatic rings. The molecule has 6 heteroatoms. The Morgan fingerprint density at radius 1 is 1.37 bits per heavy atom. The summed E-state index contributed by atoms with van der Waals surface area (Å²) in [6.45, 7) is 0.526. The molecule has 3 rings (SSSR count). The first-order valence-corrected chi connectivity index (χ1v) is 6.80. The minimum Gasteiger partial charge on any atom is -0.326 e. The zero-order valence-corrected chi connectivity index (χ0v) is 11.7. The van der Waals surface area contributed by atoms with Gasteiger partial charge in [0, 0.05) is 34.6 Å². The molecule has 0 saturated carbocycles. The maximum Gasteiger partial charge on any atom is 0.229 e. The van der Waals surface area contributed by atoms with E-state index >= 15 is 0 Å². The van der Waals surface area contributed by atoms with Crippen LogP contribution in [0.4, 0.5) is 5.82 Å². The van der Waals surface area contributed by atoms with Gasteiger partial charge in [-0.15, -0.1) is 0 Å². The van der Waals surface area contributed by atoms with E-state index in [1.54, 1.807) is 11.1 Å². The van der Waals surface area contributed by atoms with Crippen molar-refractivity contribution in [3.63, 3.8) is 0 Å². The van der Waals surface area contributed by atoms with Gasteiger partial charge in [0.05, 0.1) is 6.20 Å². The fourth-order valence-corrected chi connectivity index (χ4v) is 2.81. The van der Waals surface area contributed by atoms with Crippen LogP contribution < -0.4 is 10.6 Å². The van der Waals surface area contributed by atoms with Gasteiger partial charge in [-0.05, 0) is 6.07 Å². The second-order valence-electron chi connectivity index (χ2n) is 4.58. The molecule has 1 aromatic heterocycles. The lowest BCUT2D eigenvalue weighted by Crippen LogP contribution is -2.28. The molecule has 0 spiro atoms. The number of benzene rings is 1. The van der Waals surface area contributed by atoms with Crippen molar-refractivity contribution in [3.05, 3.63) is 34.9 Å². The smallest absolute Gasteiger partial charge is 0.229 e. The van der Waals surface area contributed by atoms with Gasteiger partial charge in [0.15, 0.2) is 0 Å². The van der Waals surface area contributed by atoms with Crippen LogP contribution in [-0.4, -0.2) is 28.7 Å². The van der Waals surface area contributed by atoms with Crippen molar-refractivity contribution in [1.82, 2.24) is 10.2 Å². The average Bonchev–Trinajstić information content (AvgIpc) is 2.96. The Morgan fingerprint density at radius 2 is 2.16 bits per heavy atom. The summed E-state index contributed by atoms with van der Waals surface area (Å²) in [4.78, 5) is 13.6. The topological polar surface area (TPSA) is 75.0 Å². The van der Waals surface area contributed by atoms with Gasteiger partial charge >= 0.3 is 0 Å². The normalized spacial score (nSPS) is 19.2. The Morgan fingerprint density at radius 3 is 2.84 bits per heavy atom. The van der Waals surface area contributed by atoms with Crippen molar-refractivity contribution in [3.8, 4) is 11.1 Å². The predicted molar refractivity (Wildman–Crippen MR) is 76.7 cm³/mol. The molecule has 0 aliphatic carbocycles. The maximum atomic E-state index is 11.9. The molecule has 1 fully saturated rings. The summed E-state index contributed by atoms with van der Waals surface area (Å²) in [6.07, 6.45) is 2.11. The highest BCUT2D eigenvalue weighted by Crippen LogP contribution is 2.35. The summed E-state index contributed by atoms with van der Waals surface area (Å²) < 4.78 is 0.966. The molecule has 1 aliphatic heterocycles. The number of nitrogens with two attached hydrogens (primary N) is 1. The van der Waals surface area contributed by atoms with Gasteiger partial charge in [-0.25, -0.2) is 0 Å². The molecule has 98 valence electrons. The molecule has 5 nitrogen and oxygen atoms in total. The van der Waals surface area contributed by atoms with E-state index in [9.17, 15) is 4.79 Å². The van der Waals surface area contributed by atoms with E-state index in [-0.39, 0.29) is 11.9 Å². The van der Waals surface area contributed by atoms with Crippen LogP contribution in [0.1, 0.15) is 6.42 Å². The summed E-state index contributed by atoms with van der Waals surface area (Å²) >= 11 is 3.52. The van der Waals surface area contributed by atoms with Crippen LogP contribution in [-0.2, 0) is 4.79 Å². The third kappa shape index (κ3) is 2.17. The molecule has 19 heavy (non-hydrogen) atoms. The average molecular weight is 321 g/mol. The van der Waals surface area contributed by atoms with E-state index in [0.717, 1.165) is 15.6 Å². The molecule has 1 unspecified atom stereocenters. The third-order valence-corrected chi connectivity index (χ3v) is 3.90. The number of hydrogen-bond acceptors (Lipinski definition) is 3. The standard InChI is InChI=1S/C13H13BrN4O/c14-11-4-2-1-3-9(11)10-6-16-17-13(10)18-7-8(15)5-12(18)19/h1-4,6,8H,5,7,15H2,(H,16,17). The second-order valence-corrected chi connectivity index (χ2v) is 5.44. The molecule has 3 N–H and O–H groups in total. The number of rotatable bonds is 2. The predicted octanol–water partition coefficient (Wildman–Crippen LogP) is 1.90. The van der Waals surface area contributed by atoms with E-state index in [1.165, 1.54) is 0 Å². The van der Waals surface area contributed by atoms with Crippen molar-refractivity contribution < 1.29 is 4.79 Å². The van der Waals surface area contributed by atoms with E-state index in [1.807, 2.05) is 24.3 Å². The number of carbonyl (C=O) groups excluding carboxylic acids is 1. The number of H-pyrrole nitrogens is 1. The SMILES string of the molecule is NC1CC(=O)N(c2[nH]ncc2-c2ccccc2Br)C1. The molecule has 2 heterocycles. The highest BCUT2D eigenvalue weighted by molar-refractivity contribution is 9.10. The molecule has 1 aromatic carbocycles. The lowest BCUT2D eigenvalue weighted by atomic mass is 10.1. The number of halogens is 1. The zero-order valence-electron chi connectivity index (χ0n) is 10.1. The number of carbonyl (C=O) groups is 1. The maximum absolute atomic E-state index is 11.9. The summed E-state index contributed by atoms with van der Waals surface area (Å²) in [7, 11) is 0. The Hall–Kier alpha value is -1.66. The van der Waals surface area contributed by atoms with Crippen LogP contribution in [0.25, 0.3) is 11.1 Å². The third-order valence-electron chi connectivity index (χ3n) is 3.21. The second kappa shape index (κ2) is 4.79. The van der Waals surface area contributed by atoms with E-state index in [0.29, 0.717) is 18.8 Å². The van der Waals surface area contributed by atoms with Crippen LogP contribution in [0.2, 0.25) is 0 Å². The Labute approximate surface area is 118 Å². The minimum atomic E-state index is -0.108. The number of aromatic amines is 1. The van der Waals surface area contributed by atoms with E-state index in [4.69, 9.17) is 5.73 Å². The van der Waals surface area contributed by atoms with Crippen molar-refractivity contribution >= 4 is 27.7 Å². The van der Waals surface area contributed by atoms with Gasteiger partial charge in [-0.1, -0.05) is 34.1 Å². The Bertz CT molecular complexity index is 625. The van der Waals surface area contributed by atoms with Crippen LogP contribution in [0, 0.1) is 0 Å². The Kier molecular flexibility index (Phi) is 3.12. The summed E-state index contributed by atoms with van der Waals surface area (Å²) in [5.41, 5.74) is 7.73. The molecular weight excluding hydrogens is 308 g/mol. The molecule has 1 amide bonds. The van der Waals surface area contributed by atoms with Crippen LogP contribution in [0.3, 0.4) is 0 Å². The number of nitrogens with one attached hydrogen (secondary N) is 1. The number of anilines is 1. The first-order chi connectivity index (χ1) is 9.16. The lowest BCUT2D eigenvalue weighted by Gasteiger charge is -2.16. The van der Waals surface area contributed by atoms with Crippen molar-refractivity contribution in [2.45, 2.75) is 12.5 Å². The van der Waals surface area contributed by atoms with E-state index in [2.05, 4.69) is 26.1 Å². The molecule has 1 atom stereocenters. The van der Waals surface area contributed by atoms with Crippen molar-refractivity contribution in [2.75, 3.05) is 11.4 Å². The zero-order chi connectivity index (χ0) is 13.4. The summed E-state index contributed by atoms with van der Waals surface area (Å²) in [5, 5.41) is 6.97. The first kappa shape index (κ1) is 12.4. The van der Waals surface area contributed by atoms with Gasteiger partial charge in [0.2, 0.25) is 5.91 Å². The van der Waals surface area contributed by atoms with Crippen molar-refractivity contribution in [2.24, 2.45) is 5.73 Å². The number of nitrogens with zero attached hydrogens (tertiary/aromatic N) is 2. The Balaban J connectivity index is 2.04. The molecule has 0 radical (unpaired) electrons. The minimum absolute atomic E-state index is 0.0325. The van der Waals surface area contributed by atoms with E-state index < -0.39 is 0 Å². The number of aromatic nitrogens is 2.